The van der Waals surface area contributed by atoms with Gasteiger partial charge in [0, 0.05) is 17.2 Å². The SMILES string of the molecule is COc1ccc(/C=C2/SC(=S)N(/N=C/c3ccccc3F)C2=O)c(OC)c1. The average Bonchev–Trinajstić information content (AvgIpc) is 2.94. The molecule has 1 amide bonds. The number of ether oxygens (including phenoxy) is 2. The zero-order chi connectivity index (χ0) is 19.4. The van der Waals surface area contributed by atoms with Crippen molar-refractivity contribution >= 4 is 46.5 Å². The number of hydrazone groups is 1. The topological polar surface area (TPSA) is 51.1 Å². The van der Waals surface area contributed by atoms with E-state index in [0.717, 1.165) is 16.8 Å². The fourth-order valence-electron chi connectivity index (χ4n) is 2.34. The molecule has 2 aromatic rings. The summed E-state index contributed by atoms with van der Waals surface area (Å²) in [4.78, 5) is 13.0. The molecule has 0 spiro atoms. The highest BCUT2D eigenvalue weighted by Crippen LogP contribution is 2.35. The number of methoxy groups -OCH3 is 2. The fourth-order valence-corrected chi connectivity index (χ4v) is 3.50. The zero-order valence-electron chi connectivity index (χ0n) is 14.5. The summed E-state index contributed by atoms with van der Waals surface area (Å²) in [5, 5.41) is 5.12. The van der Waals surface area contributed by atoms with E-state index in [0.29, 0.717) is 22.0 Å². The van der Waals surface area contributed by atoms with Crippen molar-refractivity contribution in [2.45, 2.75) is 0 Å². The Bertz CT molecular complexity index is 960. The van der Waals surface area contributed by atoms with Crippen LogP contribution in [0.1, 0.15) is 11.1 Å². The van der Waals surface area contributed by atoms with Gasteiger partial charge in [0.25, 0.3) is 5.91 Å². The molecule has 138 valence electrons. The maximum Gasteiger partial charge on any atom is 0.286 e. The molecule has 1 aliphatic heterocycles. The molecule has 27 heavy (non-hydrogen) atoms. The van der Waals surface area contributed by atoms with Gasteiger partial charge in [-0.05, 0) is 36.5 Å². The normalized spacial score (nSPS) is 15.8. The Morgan fingerprint density at radius 2 is 1.93 bits per heavy atom. The maximum atomic E-state index is 13.7. The van der Waals surface area contributed by atoms with E-state index in [4.69, 9.17) is 21.7 Å². The third-order valence-electron chi connectivity index (χ3n) is 3.72. The number of rotatable bonds is 5. The van der Waals surface area contributed by atoms with Crippen molar-refractivity contribution in [2.24, 2.45) is 5.10 Å². The minimum Gasteiger partial charge on any atom is -0.497 e. The lowest BCUT2D eigenvalue weighted by molar-refractivity contribution is -0.122. The van der Waals surface area contributed by atoms with E-state index in [1.807, 2.05) is 0 Å². The first-order valence-corrected chi connectivity index (χ1v) is 9.04. The lowest BCUT2D eigenvalue weighted by Gasteiger charge is -2.08. The molecule has 2 aromatic carbocycles. The Morgan fingerprint density at radius 3 is 2.63 bits per heavy atom. The molecule has 1 heterocycles. The number of nitrogens with zero attached hydrogens (tertiary/aromatic N) is 2. The number of carbonyl (C=O) groups is 1. The molecule has 0 unspecified atom stereocenters. The van der Waals surface area contributed by atoms with Crippen molar-refractivity contribution in [3.63, 3.8) is 0 Å². The van der Waals surface area contributed by atoms with Gasteiger partial charge in [0.2, 0.25) is 0 Å². The standard InChI is InChI=1S/C19H15FN2O3S2/c1-24-14-8-7-12(16(10-14)25-2)9-17-18(23)22(19(26)27-17)21-11-13-5-3-4-6-15(13)20/h3-11H,1-2H3/b17-9+,21-11+. The van der Waals surface area contributed by atoms with Gasteiger partial charge in [-0.1, -0.05) is 30.0 Å². The van der Waals surface area contributed by atoms with Gasteiger partial charge < -0.3 is 9.47 Å². The van der Waals surface area contributed by atoms with Gasteiger partial charge in [0.1, 0.15) is 17.3 Å². The van der Waals surface area contributed by atoms with Crippen molar-refractivity contribution in [1.82, 2.24) is 5.01 Å². The second kappa shape index (κ2) is 8.32. The van der Waals surface area contributed by atoms with E-state index in [9.17, 15) is 9.18 Å². The molecule has 0 atom stereocenters. The first kappa shape index (κ1) is 19.1. The summed E-state index contributed by atoms with van der Waals surface area (Å²) in [6, 6.07) is 11.4. The van der Waals surface area contributed by atoms with Gasteiger partial charge in [-0.2, -0.15) is 10.1 Å². The monoisotopic (exact) mass is 402 g/mol. The third kappa shape index (κ3) is 4.17. The molecule has 0 aromatic heterocycles. The van der Waals surface area contributed by atoms with Gasteiger partial charge in [-0.25, -0.2) is 4.39 Å². The van der Waals surface area contributed by atoms with Crippen molar-refractivity contribution in [2.75, 3.05) is 14.2 Å². The van der Waals surface area contributed by atoms with Crippen LogP contribution in [0.15, 0.2) is 52.5 Å². The average molecular weight is 402 g/mol. The molecule has 1 saturated heterocycles. The number of halogens is 1. The van der Waals surface area contributed by atoms with Crippen LogP contribution >= 0.6 is 24.0 Å². The largest absolute Gasteiger partial charge is 0.497 e. The van der Waals surface area contributed by atoms with E-state index in [1.54, 1.807) is 49.6 Å². The van der Waals surface area contributed by atoms with E-state index in [-0.39, 0.29) is 15.8 Å². The Balaban J connectivity index is 1.86. The predicted molar refractivity (Wildman–Crippen MR) is 109 cm³/mol. The molecule has 3 rings (SSSR count). The third-order valence-corrected chi connectivity index (χ3v) is 5.00. The van der Waals surface area contributed by atoms with Crippen LogP contribution in [0, 0.1) is 5.82 Å². The highest BCUT2D eigenvalue weighted by Gasteiger charge is 2.32. The molecule has 1 fully saturated rings. The summed E-state index contributed by atoms with van der Waals surface area (Å²) in [5.74, 6) is 0.404. The number of amides is 1. The van der Waals surface area contributed by atoms with Crippen molar-refractivity contribution in [3.05, 3.63) is 64.3 Å². The Morgan fingerprint density at radius 1 is 1.15 bits per heavy atom. The minimum atomic E-state index is -0.426. The number of carbonyl (C=O) groups excluding carboxylic acids is 1. The van der Waals surface area contributed by atoms with Gasteiger partial charge in [0.05, 0.1) is 25.3 Å². The number of thiocarbonyl (C=S) groups is 1. The first-order chi connectivity index (χ1) is 13.0. The predicted octanol–water partition coefficient (Wildman–Crippen LogP) is 4.08. The summed E-state index contributed by atoms with van der Waals surface area (Å²) in [7, 11) is 3.10. The summed E-state index contributed by atoms with van der Waals surface area (Å²) in [6.45, 7) is 0. The molecule has 0 N–H and O–H groups in total. The summed E-state index contributed by atoms with van der Waals surface area (Å²) >= 11 is 6.35. The lowest BCUT2D eigenvalue weighted by atomic mass is 10.1. The second-order valence-electron chi connectivity index (χ2n) is 5.37. The zero-order valence-corrected chi connectivity index (χ0v) is 16.1. The molecule has 0 bridgehead atoms. The Kier molecular flexibility index (Phi) is 5.88. The molecule has 8 heteroatoms. The van der Waals surface area contributed by atoms with Crippen LogP contribution in [0.25, 0.3) is 6.08 Å². The number of hydrogen-bond donors (Lipinski definition) is 0. The maximum absolute atomic E-state index is 13.7. The Labute approximate surface area is 165 Å². The van der Waals surface area contributed by atoms with Gasteiger partial charge in [-0.3, -0.25) is 4.79 Å². The van der Waals surface area contributed by atoms with Crippen molar-refractivity contribution in [3.8, 4) is 11.5 Å². The number of hydrogen-bond acceptors (Lipinski definition) is 6. The lowest BCUT2D eigenvalue weighted by Crippen LogP contribution is -2.22. The van der Waals surface area contributed by atoms with Crippen molar-refractivity contribution in [1.29, 1.82) is 0 Å². The van der Waals surface area contributed by atoms with Crippen LogP contribution < -0.4 is 9.47 Å². The number of thioether (sulfide) groups is 1. The van der Waals surface area contributed by atoms with Crippen LogP contribution in [0.5, 0.6) is 11.5 Å². The fraction of sp³-hybridized carbons (Fsp3) is 0.105. The first-order valence-electron chi connectivity index (χ1n) is 7.82. The van der Waals surface area contributed by atoms with E-state index < -0.39 is 5.82 Å². The molecular weight excluding hydrogens is 387 g/mol. The van der Waals surface area contributed by atoms with Crippen LogP contribution in [-0.4, -0.2) is 35.7 Å². The highest BCUT2D eigenvalue weighted by atomic mass is 32.2. The van der Waals surface area contributed by atoms with Gasteiger partial charge in [-0.15, -0.1) is 0 Å². The minimum absolute atomic E-state index is 0.270. The second-order valence-corrected chi connectivity index (χ2v) is 7.04. The summed E-state index contributed by atoms with van der Waals surface area (Å²) in [5.41, 5.74) is 0.976. The van der Waals surface area contributed by atoms with E-state index in [2.05, 4.69) is 5.10 Å². The van der Waals surface area contributed by atoms with Crippen LogP contribution in [0.4, 0.5) is 4.39 Å². The van der Waals surface area contributed by atoms with Gasteiger partial charge >= 0.3 is 0 Å². The van der Waals surface area contributed by atoms with E-state index in [1.165, 1.54) is 19.4 Å². The Hall–Kier alpha value is -2.71. The van der Waals surface area contributed by atoms with Crippen LogP contribution in [-0.2, 0) is 4.79 Å². The van der Waals surface area contributed by atoms with E-state index >= 15 is 0 Å². The molecule has 5 nitrogen and oxygen atoms in total. The number of benzene rings is 2. The summed E-state index contributed by atoms with van der Waals surface area (Å²) in [6.07, 6.45) is 2.95. The molecule has 0 saturated carbocycles. The molecule has 1 aliphatic rings. The van der Waals surface area contributed by atoms with Crippen molar-refractivity contribution < 1.29 is 18.7 Å². The smallest absolute Gasteiger partial charge is 0.286 e. The quantitative estimate of drug-likeness (QED) is 0.429. The summed E-state index contributed by atoms with van der Waals surface area (Å²) < 4.78 is 24.5. The molecular formula is C19H15FN2O3S2. The highest BCUT2D eigenvalue weighted by molar-refractivity contribution is 8.26. The van der Waals surface area contributed by atoms with Crippen LogP contribution in [0.3, 0.4) is 0 Å². The molecule has 0 aliphatic carbocycles. The molecule has 0 radical (unpaired) electrons. The van der Waals surface area contributed by atoms with Gasteiger partial charge in [0.15, 0.2) is 4.32 Å². The van der Waals surface area contributed by atoms with Crippen LogP contribution in [0.2, 0.25) is 0 Å².